The number of benzene rings is 2. The monoisotopic (exact) mass is 386 g/mol. The number of carbonyl (C=O) groups excluding carboxylic acids is 1. The number of carbonyl (C=O) groups is 1. The van der Waals surface area contributed by atoms with E-state index in [1.54, 1.807) is 11.3 Å². The summed E-state index contributed by atoms with van der Waals surface area (Å²) in [7, 11) is 0. The quantitative estimate of drug-likeness (QED) is 0.413. The van der Waals surface area contributed by atoms with Crippen molar-refractivity contribution in [2.75, 3.05) is 0 Å². The zero-order valence-electron chi connectivity index (χ0n) is 12.5. The highest BCUT2D eigenvalue weighted by molar-refractivity contribution is 9.10. The lowest BCUT2D eigenvalue weighted by molar-refractivity contribution is 0.0739. The van der Waals surface area contributed by atoms with E-state index in [4.69, 9.17) is 4.74 Å². The Kier molecular flexibility index (Phi) is 3.95. The molecule has 0 fully saturated rings. The van der Waals surface area contributed by atoms with Crippen molar-refractivity contribution in [1.82, 2.24) is 0 Å². The molecular weight excluding hydrogens is 372 g/mol. The molecule has 0 saturated heterocycles. The molecule has 0 radical (unpaired) electrons. The van der Waals surface area contributed by atoms with Crippen molar-refractivity contribution in [3.63, 3.8) is 0 Å². The van der Waals surface area contributed by atoms with Gasteiger partial charge < -0.3 is 4.74 Å². The molecule has 4 rings (SSSR count). The van der Waals surface area contributed by atoms with Gasteiger partial charge in [0.2, 0.25) is 0 Å². The summed E-state index contributed by atoms with van der Waals surface area (Å²) in [5, 5.41) is 2.16. The van der Waals surface area contributed by atoms with E-state index < -0.39 is 0 Å². The van der Waals surface area contributed by atoms with E-state index in [2.05, 4.69) is 15.9 Å². The Morgan fingerprint density at radius 2 is 1.91 bits per heavy atom. The molecule has 0 bridgehead atoms. The summed E-state index contributed by atoms with van der Waals surface area (Å²) < 4.78 is 6.47. The molecule has 1 aliphatic rings. The zero-order valence-corrected chi connectivity index (χ0v) is 14.9. The Hall–Kier alpha value is -1.65. The van der Waals surface area contributed by atoms with Crippen molar-refractivity contribution in [3.8, 4) is 5.75 Å². The smallest absolute Gasteiger partial charge is 0.353 e. The van der Waals surface area contributed by atoms with Crippen LogP contribution in [0.4, 0.5) is 0 Å². The molecule has 0 amide bonds. The number of halogens is 1. The minimum Gasteiger partial charge on any atom is -0.421 e. The van der Waals surface area contributed by atoms with E-state index in [0.29, 0.717) is 10.6 Å². The van der Waals surface area contributed by atoms with Gasteiger partial charge in [-0.3, -0.25) is 0 Å². The normalized spacial score (nSPS) is 13.8. The fourth-order valence-corrected chi connectivity index (χ4v) is 4.74. The third kappa shape index (κ3) is 2.81. The largest absolute Gasteiger partial charge is 0.421 e. The molecule has 1 aliphatic carbocycles. The molecule has 23 heavy (non-hydrogen) atoms. The van der Waals surface area contributed by atoms with Gasteiger partial charge in [-0.1, -0.05) is 30.3 Å². The topological polar surface area (TPSA) is 26.3 Å². The highest BCUT2D eigenvalue weighted by Gasteiger charge is 2.19. The molecule has 1 aromatic heterocycles. The predicted octanol–water partition coefficient (Wildman–Crippen LogP) is 5.76. The van der Waals surface area contributed by atoms with Crippen LogP contribution in [0.2, 0.25) is 0 Å². The first-order valence-corrected chi connectivity index (χ1v) is 9.34. The number of hydrogen-bond donors (Lipinski definition) is 0. The Balaban J connectivity index is 1.63. The van der Waals surface area contributed by atoms with Crippen LogP contribution in [0.25, 0.3) is 10.8 Å². The average molecular weight is 387 g/mol. The molecule has 2 nitrogen and oxygen atoms in total. The highest BCUT2D eigenvalue weighted by atomic mass is 79.9. The van der Waals surface area contributed by atoms with Gasteiger partial charge in [0.1, 0.15) is 10.6 Å². The van der Waals surface area contributed by atoms with Crippen LogP contribution in [0.3, 0.4) is 0 Å². The number of aryl methyl sites for hydroxylation is 2. The van der Waals surface area contributed by atoms with Gasteiger partial charge in [0.25, 0.3) is 0 Å². The molecule has 0 spiro atoms. The first-order chi connectivity index (χ1) is 11.2. The van der Waals surface area contributed by atoms with Gasteiger partial charge >= 0.3 is 5.97 Å². The summed E-state index contributed by atoms with van der Waals surface area (Å²) in [4.78, 5) is 14.5. The molecule has 0 N–H and O–H groups in total. The van der Waals surface area contributed by atoms with Crippen LogP contribution in [-0.2, 0) is 12.8 Å². The first-order valence-electron chi connectivity index (χ1n) is 7.73. The van der Waals surface area contributed by atoms with E-state index >= 15 is 0 Å². The fourth-order valence-electron chi connectivity index (χ4n) is 3.03. The molecule has 0 aliphatic heterocycles. The van der Waals surface area contributed by atoms with Crippen LogP contribution in [0.5, 0.6) is 5.75 Å². The summed E-state index contributed by atoms with van der Waals surface area (Å²) in [6.45, 7) is 0. The second-order valence-corrected chi connectivity index (χ2v) is 7.68. The zero-order chi connectivity index (χ0) is 15.8. The molecule has 0 saturated carbocycles. The standard InChI is InChI=1S/C19H15BrO2S/c20-18-14-7-3-1-5-12(14)9-10-15(18)22-19(21)17-11-13-6-2-4-8-16(13)23-17/h1,3,5,7,9-11H,2,4,6,8H2. The van der Waals surface area contributed by atoms with Gasteiger partial charge in [0, 0.05) is 4.88 Å². The first kappa shape index (κ1) is 14.9. The number of ether oxygens (including phenoxy) is 1. The van der Waals surface area contributed by atoms with Crippen molar-refractivity contribution >= 4 is 44.0 Å². The molecule has 3 aromatic rings. The maximum Gasteiger partial charge on any atom is 0.353 e. The van der Waals surface area contributed by atoms with Gasteiger partial charge in [-0.25, -0.2) is 4.79 Å². The van der Waals surface area contributed by atoms with Crippen molar-refractivity contribution in [2.24, 2.45) is 0 Å². The van der Waals surface area contributed by atoms with Crippen molar-refractivity contribution in [3.05, 3.63) is 62.3 Å². The fraction of sp³-hybridized carbons (Fsp3) is 0.211. The molecule has 116 valence electrons. The lowest BCUT2D eigenvalue weighted by atomic mass is 9.99. The maximum atomic E-state index is 12.5. The molecular formula is C19H15BrO2S. The second-order valence-electron chi connectivity index (χ2n) is 5.75. The Morgan fingerprint density at radius 3 is 2.78 bits per heavy atom. The molecule has 4 heteroatoms. The third-order valence-electron chi connectivity index (χ3n) is 4.23. The van der Waals surface area contributed by atoms with Gasteiger partial charge in [0.15, 0.2) is 0 Å². The predicted molar refractivity (Wildman–Crippen MR) is 97.6 cm³/mol. The van der Waals surface area contributed by atoms with E-state index in [1.165, 1.54) is 23.3 Å². The second kappa shape index (κ2) is 6.10. The number of rotatable bonds is 2. The summed E-state index contributed by atoms with van der Waals surface area (Å²) in [5.74, 6) is 0.306. The maximum absolute atomic E-state index is 12.5. The number of thiophene rings is 1. The number of hydrogen-bond acceptors (Lipinski definition) is 3. The minimum absolute atomic E-state index is 0.264. The minimum atomic E-state index is -0.264. The van der Waals surface area contributed by atoms with Crippen LogP contribution in [0.1, 0.15) is 33.0 Å². The molecule has 2 aromatic carbocycles. The Morgan fingerprint density at radius 1 is 1.09 bits per heavy atom. The lowest BCUT2D eigenvalue weighted by Crippen LogP contribution is -2.06. The Bertz CT molecular complexity index is 874. The molecule has 1 heterocycles. The SMILES string of the molecule is O=C(Oc1ccc2ccccc2c1Br)c1cc2c(s1)CCCC2. The Labute approximate surface area is 147 Å². The summed E-state index contributed by atoms with van der Waals surface area (Å²) in [5.41, 5.74) is 1.32. The van der Waals surface area contributed by atoms with E-state index in [0.717, 1.165) is 28.1 Å². The number of fused-ring (bicyclic) bond motifs is 2. The summed E-state index contributed by atoms with van der Waals surface area (Å²) >= 11 is 5.15. The third-order valence-corrected chi connectivity index (χ3v) is 6.26. The van der Waals surface area contributed by atoms with Crippen molar-refractivity contribution in [1.29, 1.82) is 0 Å². The average Bonchev–Trinajstić information content (AvgIpc) is 3.02. The van der Waals surface area contributed by atoms with E-state index in [9.17, 15) is 4.79 Å². The van der Waals surface area contributed by atoms with Crippen molar-refractivity contribution < 1.29 is 9.53 Å². The van der Waals surface area contributed by atoms with Gasteiger partial charge in [-0.05, 0) is 70.1 Å². The highest BCUT2D eigenvalue weighted by Crippen LogP contribution is 2.35. The van der Waals surface area contributed by atoms with Gasteiger partial charge in [-0.15, -0.1) is 11.3 Å². The van der Waals surface area contributed by atoms with Crippen molar-refractivity contribution in [2.45, 2.75) is 25.7 Å². The van der Waals surface area contributed by atoms with Crippen LogP contribution in [-0.4, -0.2) is 5.97 Å². The van der Waals surface area contributed by atoms with Crippen LogP contribution in [0.15, 0.2) is 46.9 Å². The number of esters is 1. The van der Waals surface area contributed by atoms with E-state index in [-0.39, 0.29) is 5.97 Å². The van der Waals surface area contributed by atoms with Crippen LogP contribution in [0, 0.1) is 0 Å². The van der Waals surface area contributed by atoms with Crippen LogP contribution < -0.4 is 4.74 Å². The summed E-state index contributed by atoms with van der Waals surface area (Å²) in [6.07, 6.45) is 4.61. The lowest BCUT2D eigenvalue weighted by Gasteiger charge is -2.08. The van der Waals surface area contributed by atoms with E-state index in [1.807, 2.05) is 42.5 Å². The molecule has 0 atom stereocenters. The molecule has 0 unspecified atom stereocenters. The summed E-state index contributed by atoms with van der Waals surface area (Å²) in [6, 6.07) is 13.9. The van der Waals surface area contributed by atoms with Crippen LogP contribution >= 0.6 is 27.3 Å². The van der Waals surface area contributed by atoms with Gasteiger partial charge in [0.05, 0.1) is 4.47 Å². The van der Waals surface area contributed by atoms with Gasteiger partial charge in [-0.2, -0.15) is 0 Å².